The van der Waals surface area contributed by atoms with Gasteiger partial charge in [0.1, 0.15) is 5.82 Å². The predicted octanol–water partition coefficient (Wildman–Crippen LogP) is 14.9. The zero-order valence-electron chi connectivity index (χ0n) is 33.7. The minimum atomic E-state index is 0.754. The van der Waals surface area contributed by atoms with Crippen molar-refractivity contribution in [2.24, 2.45) is 0 Å². The van der Waals surface area contributed by atoms with Crippen LogP contribution in [0, 0.1) is 0 Å². The maximum absolute atomic E-state index is 12.0. The van der Waals surface area contributed by atoms with Gasteiger partial charge in [0, 0.05) is 22.5 Å². The number of fused-ring (bicyclic) bond motifs is 3. The molecular weight excluding hydrogens is 755 g/mol. The number of amides is 1. The van der Waals surface area contributed by atoms with Crippen molar-refractivity contribution in [1.29, 1.82) is 0 Å². The zero-order valence-corrected chi connectivity index (χ0v) is 33.7. The molecule has 1 amide bonds. The Balaban J connectivity index is 1.16. The summed E-state index contributed by atoms with van der Waals surface area (Å²) in [5.74, 6) is 0.900. The minimum Gasteiger partial charge on any atom is -0.328 e. The van der Waals surface area contributed by atoms with E-state index < -0.39 is 0 Å². The monoisotopic (exact) mass is 793 g/mol. The van der Waals surface area contributed by atoms with E-state index in [9.17, 15) is 4.79 Å². The quantitative estimate of drug-likeness (QED) is 0.117. The van der Waals surface area contributed by atoms with Crippen molar-refractivity contribution in [2.75, 3.05) is 5.32 Å². The van der Waals surface area contributed by atoms with Crippen LogP contribution in [0.1, 0.15) is 0 Å². The number of carbonyl (C=O) groups is 1. The topological polar surface area (TPSA) is 46.9 Å². The molecule has 0 fully saturated rings. The van der Waals surface area contributed by atoms with Gasteiger partial charge in [0.2, 0.25) is 6.41 Å². The molecule has 0 aliphatic rings. The smallest absolute Gasteiger partial charge is 0.211 e. The van der Waals surface area contributed by atoms with Crippen LogP contribution in [0.4, 0.5) is 5.69 Å². The first-order valence-electron chi connectivity index (χ1n) is 20.9. The molecule has 0 aliphatic heterocycles. The van der Waals surface area contributed by atoms with Crippen LogP contribution in [0.3, 0.4) is 0 Å². The normalized spacial score (nSPS) is 11.3. The van der Waals surface area contributed by atoms with E-state index >= 15 is 0 Å². The summed E-state index contributed by atoms with van der Waals surface area (Å²) in [5, 5.41) is 7.69. The Bertz CT molecular complexity index is 3450. The molecular formula is C58H39N3O. The fraction of sp³-hybridized carbons (Fsp3) is 0. The van der Waals surface area contributed by atoms with E-state index in [0.29, 0.717) is 0 Å². The number of nitrogens with one attached hydrogen (secondary N) is 1. The maximum Gasteiger partial charge on any atom is 0.211 e. The first-order chi connectivity index (χ1) is 30.7. The molecule has 11 rings (SSSR count). The Kier molecular flexibility index (Phi) is 9.29. The van der Waals surface area contributed by atoms with Gasteiger partial charge >= 0.3 is 0 Å². The number of benzene rings is 10. The van der Waals surface area contributed by atoms with E-state index in [0.717, 1.165) is 84.5 Å². The van der Waals surface area contributed by atoms with E-state index in [-0.39, 0.29) is 0 Å². The van der Waals surface area contributed by atoms with Gasteiger partial charge in [0.05, 0.1) is 11.0 Å². The third kappa shape index (κ3) is 6.42. The van der Waals surface area contributed by atoms with E-state index in [1.54, 1.807) is 0 Å². The number of anilines is 1. The second-order valence-electron chi connectivity index (χ2n) is 15.5. The Labute approximate surface area is 360 Å². The first-order valence-corrected chi connectivity index (χ1v) is 20.9. The molecule has 4 nitrogen and oxygen atoms in total. The van der Waals surface area contributed by atoms with Gasteiger partial charge in [-0.25, -0.2) is 4.98 Å². The molecule has 0 radical (unpaired) electrons. The minimum absolute atomic E-state index is 0.754. The van der Waals surface area contributed by atoms with Crippen LogP contribution in [-0.2, 0) is 4.79 Å². The Morgan fingerprint density at radius 2 is 0.952 bits per heavy atom. The molecule has 1 N–H and O–H groups in total. The SMILES string of the molecule is O=CNc1ccc(-c2ccc3c(-c4ccccc4)c4ccccc4c(-c4cccc(-n5c(-c6ccccc6)nc6ccccc65)c4)c3c2)cc1-c1ccccc1-c1ccccc1. The highest BCUT2D eigenvalue weighted by Crippen LogP contribution is 2.46. The molecule has 0 spiro atoms. The second-order valence-corrected chi connectivity index (χ2v) is 15.5. The summed E-state index contributed by atoms with van der Waals surface area (Å²) >= 11 is 0. The standard InChI is InChI=1S/C58H39N3O/c62-38-59-53-34-32-43(36-51(53)47-26-11-10-25-46(47)39-17-4-1-5-18-39)42-31-33-50-52(37-42)57(49-28-13-12-27-48(49)56(50)40-19-6-2-7-20-40)44-23-16-24-45(35-44)61-55-30-15-14-29-54(55)60-58(61)41-21-8-3-9-22-41/h1-38H,(H,59,62). The Morgan fingerprint density at radius 3 is 1.69 bits per heavy atom. The van der Waals surface area contributed by atoms with Gasteiger partial charge in [-0.3, -0.25) is 9.36 Å². The fourth-order valence-corrected chi connectivity index (χ4v) is 9.18. The van der Waals surface area contributed by atoms with Gasteiger partial charge < -0.3 is 5.32 Å². The zero-order chi connectivity index (χ0) is 41.4. The molecule has 0 atom stereocenters. The van der Waals surface area contributed by atoms with Gasteiger partial charge in [0.25, 0.3) is 0 Å². The number of hydrogen-bond donors (Lipinski definition) is 1. The maximum atomic E-state index is 12.0. The number of para-hydroxylation sites is 2. The van der Waals surface area contributed by atoms with E-state index in [1.165, 1.54) is 32.8 Å². The van der Waals surface area contributed by atoms with Crippen molar-refractivity contribution >= 4 is 44.7 Å². The van der Waals surface area contributed by atoms with Gasteiger partial charge in [-0.2, -0.15) is 0 Å². The largest absolute Gasteiger partial charge is 0.328 e. The third-order valence-electron chi connectivity index (χ3n) is 11.9. The molecule has 0 saturated heterocycles. The van der Waals surface area contributed by atoms with Crippen molar-refractivity contribution in [3.8, 4) is 72.7 Å². The average molecular weight is 794 g/mol. The average Bonchev–Trinajstić information content (AvgIpc) is 3.74. The van der Waals surface area contributed by atoms with Crippen molar-refractivity contribution in [1.82, 2.24) is 9.55 Å². The van der Waals surface area contributed by atoms with Crippen LogP contribution < -0.4 is 5.32 Å². The van der Waals surface area contributed by atoms with Crippen LogP contribution in [0.2, 0.25) is 0 Å². The van der Waals surface area contributed by atoms with Crippen LogP contribution in [0.25, 0.3) is 105 Å². The molecule has 11 aromatic rings. The van der Waals surface area contributed by atoms with Crippen LogP contribution in [0.5, 0.6) is 0 Å². The number of nitrogens with zero attached hydrogens (tertiary/aromatic N) is 2. The van der Waals surface area contributed by atoms with Gasteiger partial charge in [-0.1, -0.05) is 182 Å². The summed E-state index contributed by atoms with van der Waals surface area (Å²) < 4.78 is 2.28. The summed E-state index contributed by atoms with van der Waals surface area (Å²) in [5.41, 5.74) is 15.8. The lowest BCUT2D eigenvalue weighted by Crippen LogP contribution is -1.99. The Morgan fingerprint density at radius 1 is 0.387 bits per heavy atom. The first kappa shape index (κ1) is 36.7. The lowest BCUT2D eigenvalue weighted by molar-refractivity contribution is -0.105. The number of imidazole rings is 1. The van der Waals surface area contributed by atoms with E-state index in [2.05, 4.69) is 210 Å². The highest BCUT2D eigenvalue weighted by molar-refractivity contribution is 6.22. The molecule has 0 bridgehead atoms. The predicted molar refractivity (Wildman–Crippen MR) is 258 cm³/mol. The number of rotatable bonds is 9. The van der Waals surface area contributed by atoms with E-state index in [1.807, 2.05) is 24.3 Å². The number of carbonyl (C=O) groups excluding carboxylic acids is 1. The summed E-state index contributed by atoms with van der Waals surface area (Å²) in [4.78, 5) is 17.1. The van der Waals surface area contributed by atoms with Crippen molar-refractivity contribution in [3.63, 3.8) is 0 Å². The summed E-state index contributed by atoms with van der Waals surface area (Å²) in [7, 11) is 0. The molecule has 4 heteroatoms. The van der Waals surface area contributed by atoms with Gasteiger partial charge in [-0.15, -0.1) is 0 Å². The molecule has 0 aliphatic carbocycles. The molecule has 0 unspecified atom stereocenters. The fourth-order valence-electron chi connectivity index (χ4n) is 9.18. The molecule has 1 heterocycles. The molecule has 62 heavy (non-hydrogen) atoms. The number of aromatic nitrogens is 2. The van der Waals surface area contributed by atoms with E-state index in [4.69, 9.17) is 4.98 Å². The summed E-state index contributed by atoms with van der Waals surface area (Å²) in [6.45, 7) is 0. The molecule has 1 aromatic heterocycles. The molecule has 292 valence electrons. The molecule has 10 aromatic carbocycles. The van der Waals surface area contributed by atoms with Gasteiger partial charge in [0.15, 0.2) is 0 Å². The van der Waals surface area contributed by atoms with Crippen molar-refractivity contribution in [3.05, 3.63) is 224 Å². The second kappa shape index (κ2) is 15.7. The summed E-state index contributed by atoms with van der Waals surface area (Å²) in [6, 6.07) is 79.2. The van der Waals surface area contributed by atoms with Crippen molar-refractivity contribution in [2.45, 2.75) is 0 Å². The Hall–Kier alpha value is -8.34. The van der Waals surface area contributed by atoms with Gasteiger partial charge in [-0.05, 0) is 114 Å². The lowest BCUT2D eigenvalue weighted by atomic mass is 9.84. The van der Waals surface area contributed by atoms with Crippen LogP contribution in [0.15, 0.2) is 224 Å². The number of hydrogen-bond acceptors (Lipinski definition) is 2. The van der Waals surface area contributed by atoms with Crippen LogP contribution in [-0.4, -0.2) is 16.0 Å². The summed E-state index contributed by atoms with van der Waals surface area (Å²) in [6.07, 6.45) is 0.756. The van der Waals surface area contributed by atoms with Crippen molar-refractivity contribution < 1.29 is 4.79 Å². The molecule has 0 saturated carbocycles. The lowest BCUT2D eigenvalue weighted by Gasteiger charge is -2.20. The van der Waals surface area contributed by atoms with Crippen LogP contribution >= 0.6 is 0 Å². The highest BCUT2D eigenvalue weighted by Gasteiger charge is 2.20. The third-order valence-corrected chi connectivity index (χ3v) is 11.9. The highest BCUT2D eigenvalue weighted by atomic mass is 16.1.